The minimum atomic E-state index is 0.154. The van der Waals surface area contributed by atoms with Gasteiger partial charge in [-0.3, -0.25) is 4.90 Å². The fourth-order valence-corrected chi connectivity index (χ4v) is 3.35. The zero-order valence-electron chi connectivity index (χ0n) is 11.7. The molecule has 0 radical (unpaired) electrons. The summed E-state index contributed by atoms with van der Waals surface area (Å²) in [5.74, 6) is 0. The predicted octanol–water partition coefficient (Wildman–Crippen LogP) is 2.54. The molecule has 1 rings (SSSR count). The normalized spacial score (nSPS) is 15.0. The van der Waals surface area contributed by atoms with Crippen molar-refractivity contribution in [2.24, 2.45) is 5.73 Å². The van der Waals surface area contributed by atoms with Crippen LogP contribution in [0.25, 0.3) is 0 Å². The lowest BCUT2D eigenvalue weighted by atomic mass is 10.0. The van der Waals surface area contributed by atoms with Gasteiger partial charge < -0.3 is 10.8 Å². The molecule has 3 N–H and O–H groups in total. The molecule has 2 atom stereocenters. The van der Waals surface area contributed by atoms with E-state index in [9.17, 15) is 0 Å². The molecule has 0 amide bonds. The van der Waals surface area contributed by atoms with Gasteiger partial charge in [0.05, 0.1) is 6.04 Å². The van der Waals surface area contributed by atoms with E-state index in [0.717, 1.165) is 25.9 Å². The van der Waals surface area contributed by atoms with E-state index in [4.69, 9.17) is 10.8 Å². The number of hydrogen-bond donors (Lipinski definition) is 2. The Morgan fingerprint density at radius 1 is 1.39 bits per heavy atom. The first-order chi connectivity index (χ1) is 8.63. The van der Waals surface area contributed by atoms with Crippen LogP contribution in [0.15, 0.2) is 12.1 Å². The van der Waals surface area contributed by atoms with Gasteiger partial charge in [0.25, 0.3) is 0 Å². The van der Waals surface area contributed by atoms with Crippen LogP contribution in [0.3, 0.4) is 0 Å². The molecule has 18 heavy (non-hydrogen) atoms. The van der Waals surface area contributed by atoms with Crippen LogP contribution >= 0.6 is 11.3 Å². The molecule has 1 heterocycles. The minimum absolute atomic E-state index is 0.154. The van der Waals surface area contributed by atoms with E-state index in [1.54, 1.807) is 0 Å². The highest BCUT2D eigenvalue weighted by Crippen LogP contribution is 2.30. The van der Waals surface area contributed by atoms with Crippen molar-refractivity contribution in [3.05, 3.63) is 21.9 Å². The summed E-state index contributed by atoms with van der Waals surface area (Å²) in [6.07, 6.45) is 1.78. The highest BCUT2D eigenvalue weighted by atomic mass is 32.1. The second-order valence-corrected chi connectivity index (χ2v) is 5.99. The summed E-state index contributed by atoms with van der Waals surface area (Å²) in [4.78, 5) is 5.06. The van der Waals surface area contributed by atoms with E-state index >= 15 is 0 Å². The Morgan fingerprint density at radius 2 is 2.11 bits per heavy atom. The van der Waals surface area contributed by atoms with Gasteiger partial charge in [0, 0.05) is 28.9 Å². The van der Waals surface area contributed by atoms with Crippen molar-refractivity contribution in [2.45, 2.75) is 45.7 Å². The summed E-state index contributed by atoms with van der Waals surface area (Å²) in [5.41, 5.74) is 6.31. The largest absolute Gasteiger partial charge is 0.396 e. The summed E-state index contributed by atoms with van der Waals surface area (Å²) in [6.45, 7) is 8.55. The van der Waals surface area contributed by atoms with Crippen molar-refractivity contribution in [1.82, 2.24) is 4.90 Å². The van der Waals surface area contributed by atoms with Gasteiger partial charge in [0.2, 0.25) is 0 Å². The lowest BCUT2D eigenvalue weighted by Gasteiger charge is -2.34. The molecule has 0 fully saturated rings. The maximum Gasteiger partial charge on any atom is 0.0593 e. The zero-order valence-corrected chi connectivity index (χ0v) is 12.5. The van der Waals surface area contributed by atoms with Crippen LogP contribution in [-0.4, -0.2) is 35.7 Å². The van der Waals surface area contributed by atoms with Crippen LogP contribution < -0.4 is 5.73 Å². The average molecular weight is 270 g/mol. The highest BCUT2D eigenvalue weighted by molar-refractivity contribution is 7.12. The molecule has 4 heteroatoms. The number of aliphatic hydroxyl groups is 1. The van der Waals surface area contributed by atoms with Crippen LogP contribution in [0, 0.1) is 6.92 Å². The number of nitrogens with two attached hydrogens (primary N) is 1. The fourth-order valence-electron chi connectivity index (χ4n) is 2.27. The SMILES string of the molecule is CCC(N)C(c1ccc(C)s1)N(CC)CCCO. The highest BCUT2D eigenvalue weighted by Gasteiger charge is 2.25. The summed E-state index contributed by atoms with van der Waals surface area (Å²) >= 11 is 1.83. The van der Waals surface area contributed by atoms with Crippen molar-refractivity contribution < 1.29 is 5.11 Å². The van der Waals surface area contributed by atoms with Gasteiger partial charge in [0.1, 0.15) is 0 Å². The maximum absolute atomic E-state index is 9.01. The van der Waals surface area contributed by atoms with Crippen molar-refractivity contribution >= 4 is 11.3 Å². The molecule has 0 spiro atoms. The topological polar surface area (TPSA) is 49.5 Å². The Kier molecular flexibility index (Phi) is 6.86. The minimum Gasteiger partial charge on any atom is -0.396 e. The quantitative estimate of drug-likeness (QED) is 0.763. The Hall–Kier alpha value is -0.420. The van der Waals surface area contributed by atoms with Crippen molar-refractivity contribution in [1.29, 1.82) is 0 Å². The van der Waals surface area contributed by atoms with Crippen LogP contribution in [0.5, 0.6) is 0 Å². The number of likely N-dealkylation sites (N-methyl/N-ethyl adjacent to an activating group) is 1. The zero-order chi connectivity index (χ0) is 13.5. The van der Waals surface area contributed by atoms with Gasteiger partial charge >= 0.3 is 0 Å². The lowest BCUT2D eigenvalue weighted by Crippen LogP contribution is -2.41. The number of aliphatic hydroxyl groups excluding tert-OH is 1. The Morgan fingerprint density at radius 3 is 2.56 bits per heavy atom. The molecule has 0 saturated carbocycles. The van der Waals surface area contributed by atoms with E-state index < -0.39 is 0 Å². The predicted molar refractivity (Wildman–Crippen MR) is 79.0 cm³/mol. The number of rotatable bonds is 8. The van der Waals surface area contributed by atoms with Crippen LogP contribution in [0.1, 0.15) is 42.5 Å². The Bertz CT molecular complexity index is 340. The van der Waals surface area contributed by atoms with E-state index in [-0.39, 0.29) is 18.7 Å². The number of thiophene rings is 1. The smallest absolute Gasteiger partial charge is 0.0593 e. The molecule has 1 aromatic rings. The van der Waals surface area contributed by atoms with E-state index in [2.05, 4.69) is 37.8 Å². The first kappa shape index (κ1) is 15.6. The third kappa shape index (κ3) is 4.05. The summed E-state index contributed by atoms with van der Waals surface area (Å²) in [7, 11) is 0. The van der Waals surface area contributed by atoms with E-state index in [1.807, 2.05) is 11.3 Å². The maximum atomic E-state index is 9.01. The fraction of sp³-hybridized carbons (Fsp3) is 0.714. The van der Waals surface area contributed by atoms with Crippen LogP contribution in [0.4, 0.5) is 0 Å². The molecule has 1 aromatic heterocycles. The third-order valence-electron chi connectivity index (χ3n) is 3.33. The molecule has 0 bridgehead atoms. The van der Waals surface area contributed by atoms with Crippen LogP contribution in [0.2, 0.25) is 0 Å². The monoisotopic (exact) mass is 270 g/mol. The molecule has 3 nitrogen and oxygen atoms in total. The average Bonchev–Trinajstić information content (AvgIpc) is 2.79. The summed E-state index contributed by atoms with van der Waals surface area (Å²) in [6, 6.07) is 4.80. The molecule has 0 aliphatic heterocycles. The van der Waals surface area contributed by atoms with Crippen molar-refractivity contribution in [2.75, 3.05) is 19.7 Å². The first-order valence-corrected chi connectivity index (χ1v) is 7.62. The van der Waals surface area contributed by atoms with Crippen molar-refractivity contribution in [3.63, 3.8) is 0 Å². The molecular weight excluding hydrogens is 244 g/mol. The molecular formula is C14H26N2OS. The van der Waals surface area contributed by atoms with Gasteiger partial charge in [-0.2, -0.15) is 0 Å². The van der Waals surface area contributed by atoms with Gasteiger partial charge in [-0.05, 0) is 38.4 Å². The van der Waals surface area contributed by atoms with Gasteiger partial charge in [0.15, 0.2) is 0 Å². The number of hydrogen-bond acceptors (Lipinski definition) is 4. The molecule has 2 unspecified atom stereocenters. The summed E-state index contributed by atoms with van der Waals surface area (Å²) in [5, 5.41) is 9.01. The molecule has 104 valence electrons. The Labute approximate surface area is 115 Å². The second-order valence-electron chi connectivity index (χ2n) is 4.67. The third-order valence-corrected chi connectivity index (χ3v) is 4.40. The number of aryl methyl sites for hydroxylation is 1. The molecule has 0 aliphatic rings. The van der Waals surface area contributed by atoms with E-state index in [0.29, 0.717) is 0 Å². The van der Waals surface area contributed by atoms with Gasteiger partial charge in [-0.15, -0.1) is 11.3 Å². The molecule has 0 saturated heterocycles. The standard InChI is InChI=1S/C14H26N2OS/c1-4-12(15)14(13-8-7-11(3)18-13)16(5-2)9-6-10-17/h7-8,12,14,17H,4-6,9-10,15H2,1-3H3. The molecule has 0 aliphatic carbocycles. The molecule has 0 aromatic carbocycles. The van der Waals surface area contributed by atoms with Crippen LogP contribution in [-0.2, 0) is 0 Å². The van der Waals surface area contributed by atoms with Gasteiger partial charge in [-0.25, -0.2) is 0 Å². The van der Waals surface area contributed by atoms with E-state index in [1.165, 1.54) is 9.75 Å². The summed E-state index contributed by atoms with van der Waals surface area (Å²) < 4.78 is 0. The Balaban J connectivity index is 2.88. The first-order valence-electron chi connectivity index (χ1n) is 6.80. The number of nitrogens with zero attached hydrogens (tertiary/aromatic N) is 1. The van der Waals surface area contributed by atoms with Gasteiger partial charge in [-0.1, -0.05) is 13.8 Å². The lowest BCUT2D eigenvalue weighted by molar-refractivity contribution is 0.162. The second kappa shape index (κ2) is 7.89. The van der Waals surface area contributed by atoms with Crippen molar-refractivity contribution in [3.8, 4) is 0 Å².